The second-order valence-electron chi connectivity index (χ2n) is 6.10. The zero-order valence-electron chi connectivity index (χ0n) is 15.5. The van der Waals surface area contributed by atoms with E-state index >= 15 is 0 Å². The second-order valence-corrected chi connectivity index (χ2v) is 6.10. The van der Waals surface area contributed by atoms with E-state index in [1.807, 2.05) is 20.8 Å². The minimum absolute atomic E-state index is 0.350. The fourth-order valence-electron chi connectivity index (χ4n) is 1.46. The van der Waals surface area contributed by atoms with Crippen molar-refractivity contribution in [1.29, 1.82) is 0 Å². The zero-order chi connectivity index (χ0) is 18.3. The molecule has 0 heterocycles. The fourth-order valence-corrected chi connectivity index (χ4v) is 1.46. The predicted molar refractivity (Wildman–Crippen MR) is 92.3 cm³/mol. The van der Waals surface area contributed by atoms with Crippen molar-refractivity contribution in [1.82, 2.24) is 4.90 Å². The van der Waals surface area contributed by atoms with Gasteiger partial charge in [-0.05, 0) is 20.8 Å². The molecule has 0 saturated heterocycles. The number of ether oxygens (including phenoxy) is 5. The highest BCUT2D eigenvalue weighted by atomic mass is 16.6. The highest BCUT2D eigenvalue weighted by molar-refractivity contribution is 5.67. The SMILES string of the molecule is C=CCOCCOCCOCCOCCN(C)C(=O)OC(C)(C)C. The maximum absolute atomic E-state index is 11.7. The van der Waals surface area contributed by atoms with Crippen LogP contribution in [0.25, 0.3) is 0 Å². The summed E-state index contributed by atoms with van der Waals surface area (Å²) in [6.07, 6.45) is 1.35. The quantitative estimate of drug-likeness (QED) is 0.354. The third-order valence-electron chi connectivity index (χ3n) is 2.63. The van der Waals surface area contributed by atoms with E-state index in [4.69, 9.17) is 23.7 Å². The molecule has 0 atom stereocenters. The topological polar surface area (TPSA) is 66.5 Å². The van der Waals surface area contributed by atoms with Gasteiger partial charge in [0.15, 0.2) is 0 Å². The molecule has 0 aromatic rings. The Kier molecular flexibility index (Phi) is 13.5. The summed E-state index contributed by atoms with van der Waals surface area (Å²) >= 11 is 0. The van der Waals surface area contributed by atoms with Crippen LogP contribution in [0.5, 0.6) is 0 Å². The average Bonchev–Trinajstić information content (AvgIpc) is 2.50. The first-order valence-electron chi connectivity index (χ1n) is 8.23. The lowest BCUT2D eigenvalue weighted by atomic mass is 10.2. The summed E-state index contributed by atoms with van der Waals surface area (Å²) in [6, 6.07) is 0. The van der Waals surface area contributed by atoms with Gasteiger partial charge in [0.25, 0.3) is 0 Å². The molecule has 0 unspecified atom stereocenters. The standard InChI is InChI=1S/C17H33NO6/c1-6-8-20-10-12-22-14-15-23-13-11-21-9-7-18(5)16(19)24-17(2,3)4/h6H,1,7-15H2,2-5H3. The molecule has 142 valence electrons. The molecule has 0 aliphatic heterocycles. The molecule has 0 radical (unpaired) electrons. The number of nitrogens with zero attached hydrogens (tertiary/aromatic N) is 1. The van der Waals surface area contributed by atoms with Gasteiger partial charge in [0.1, 0.15) is 5.60 Å². The Labute approximate surface area is 145 Å². The molecular weight excluding hydrogens is 314 g/mol. The molecule has 0 aliphatic carbocycles. The van der Waals surface area contributed by atoms with Crippen molar-refractivity contribution in [3.63, 3.8) is 0 Å². The van der Waals surface area contributed by atoms with Gasteiger partial charge in [-0.3, -0.25) is 0 Å². The maximum Gasteiger partial charge on any atom is 0.410 e. The summed E-state index contributed by atoms with van der Waals surface area (Å²) in [5, 5.41) is 0. The molecule has 0 spiro atoms. The van der Waals surface area contributed by atoms with Crippen molar-refractivity contribution in [2.24, 2.45) is 0 Å². The fraction of sp³-hybridized carbons (Fsp3) is 0.824. The molecular formula is C17H33NO6. The maximum atomic E-state index is 11.7. The molecule has 0 aromatic heterocycles. The van der Waals surface area contributed by atoms with E-state index in [0.717, 1.165) is 0 Å². The number of hydrogen-bond acceptors (Lipinski definition) is 6. The van der Waals surface area contributed by atoms with Gasteiger partial charge in [0.2, 0.25) is 0 Å². The Morgan fingerprint density at radius 3 is 1.83 bits per heavy atom. The van der Waals surface area contributed by atoms with Crippen molar-refractivity contribution in [3.05, 3.63) is 12.7 Å². The van der Waals surface area contributed by atoms with Crippen LogP contribution in [-0.2, 0) is 23.7 Å². The molecule has 7 nitrogen and oxygen atoms in total. The summed E-state index contributed by atoms with van der Waals surface area (Å²) in [5.41, 5.74) is -0.486. The summed E-state index contributed by atoms with van der Waals surface area (Å²) in [4.78, 5) is 13.2. The Balaban J connectivity index is 3.33. The Hall–Kier alpha value is -1.15. The van der Waals surface area contributed by atoms with E-state index in [-0.39, 0.29) is 6.09 Å². The van der Waals surface area contributed by atoms with Gasteiger partial charge in [-0.15, -0.1) is 6.58 Å². The largest absolute Gasteiger partial charge is 0.444 e. The van der Waals surface area contributed by atoms with Crippen LogP contribution in [0.4, 0.5) is 4.79 Å². The number of amides is 1. The first kappa shape index (κ1) is 22.9. The highest BCUT2D eigenvalue weighted by Crippen LogP contribution is 2.08. The predicted octanol–water partition coefficient (Wildman–Crippen LogP) is 2.11. The molecule has 1 amide bonds. The molecule has 7 heteroatoms. The van der Waals surface area contributed by atoms with Crippen LogP contribution in [0.1, 0.15) is 20.8 Å². The molecule has 0 bridgehead atoms. The third kappa shape index (κ3) is 15.7. The van der Waals surface area contributed by atoms with Gasteiger partial charge in [-0.25, -0.2) is 4.79 Å². The lowest BCUT2D eigenvalue weighted by Crippen LogP contribution is -2.36. The van der Waals surface area contributed by atoms with Gasteiger partial charge in [-0.1, -0.05) is 6.08 Å². The van der Waals surface area contributed by atoms with Gasteiger partial charge in [0, 0.05) is 13.6 Å². The van der Waals surface area contributed by atoms with Crippen LogP contribution >= 0.6 is 0 Å². The van der Waals surface area contributed by atoms with Crippen molar-refractivity contribution >= 4 is 6.09 Å². The van der Waals surface area contributed by atoms with E-state index < -0.39 is 5.60 Å². The Morgan fingerprint density at radius 2 is 1.38 bits per heavy atom. The number of carbonyl (C=O) groups excluding carboxylic acids is 1. The number of rotatable bonds is 14. The molecule has 0 fully saturated rings. The number of likely N-dealkylation sites (N-methyl/N-ethyl adjacent to an activating group) is 1. The van der Waals surface area contributed by atoms with Crippen LogP contribution in [0.3, 0.4) is 0 Å². The zero-order valence-corrected chi connectivity index (χ0v) is 15.5. The van der Waals surface area contributed by atoms with E-state index in [9.17, 15) is 4.79 Å². The molecule has 0 saturated carbocycles. The number of hydrogen-bond donors (Lipinski definition) is 0. The van der Waals surface area contributed by atoms with E-state index in [1.165, 1.54) is 4.90 Å². The number of carbonyl (C=O) groups is 1. The molecule has 0 aromatic carbocycles. The van der Waals surface area contributed by atoms with E-state index in [0.29, 0.717) is 59.4 Å². The summed E-state index contributed by atoms with van der Waals surface area (Å²) in [7, 11) is 1.68. The molecule has 0 N–H and O–H groups in total. The average molecular weight is 347 g/mol. The minimum Gasteiger partial charge on any atom is -0.444 e. The van der Waals surface area contributed by atoms with Crippen LogP contribution < -0.4 is 0 Å². The van der Waals surface area contributed by atoms with E-state index in [1.54, 1.807) is 13.1 Å². The van der Waals surface area contributed by atoms with Gasteiger partial charge in [0.05, 0.1) is 52.9 Å². The van der Waals surface area contributed by atoms with Crippen molar-refractivity contribution in [2.75, 3.05) is 66.4 Å². The molecule has 0 rings (SSSR count). The monoisotopic (exact) mass is 347 g/mol. The smallest absolute Gasteiger partial charge is 0.410 e. The second kappa shape index (κ2) is 14.2. The van der Waals surface area contributed by atoms with Crippen LogP contribution in [0, 0.1) is 0 Å². The summed E-state index contributed by atoms with van der Waals surface area (Å²) < 4.78 is 26.5. The highest BCUT2D eigenvalue weighted by Gasteiger charge is 2.19. The Bertz CT molecular complexity index is 330. The normalized spacial score (nSPS) is 11.3. The molecule has 24 heavy (non-hydrogen) atoms. The van der Waals surface area contributed by atoms with Crippen LogP contribution in [-0.4, -0.2) is 83.0 Å². The first-order chi connectivity index (χ1) is 11.4. The van der Waals surface area contributed by atoms with Crippen molar-refractivity contribution in [3.8, 4) is 0 Å². The van der Waals surface area contributed by atoms with Gasteiger partial charge in [-0.2, -0.15) is 0 Å². The summed E-state index contributed by atoms with van der Waals surface area (Å²) in [6.45, 7) is 13.6. The lowest BCUT2D eigenvalue weighted by molar-refractivity contribution is -0.00369. The van der Waals surface area contributed by atoms with Crippen molar-refractivity contribution < 1.29 is 28.5 Å². The minimum atomic E-state index is -0.486. The van der Waals surface area contributed by atoms with E-state index in [2.05, 4.69) is 6.58 Å². The van der Waals surface area contributed by atoms with Gasteiger partial charge >= 0.3 is 6.09 Å². The van der Waals surface area contributed by atoms with Crippen LogP contribution in [0.15, 0.2) is 12.7 Å². The third-order valence-corrected chi connectivity index (χ3v) is 2.63. The Morgan fingerprint density at radius 1 is 0.917 bits per heavy atom. The molecule has 0 aliphatic rings. The van der Waals surface area contributed by atoms with Crippen molar-refractivity contribution in [2.45, 2.75) is 26.4 Å². The first-order valence-corrected chi connectivity index (χ1v) is 8.23. The van der Waals surface area contributed by atoms with Crippen LogP contribution in [0.2, 0.25) is 0 Å². The van der Waals surface area contributed by atoms with Gasteiger partial charge < -0.3 is 28.6 Å². The summed E-state index contributed by atoms with van der Waals surface area (Å²) in [5.74, 6) is 0. The lowest BCUT2D eigenvalue weighted by Gasteiger charge is -2.24.